The van der Waals surface area contributed by atoms with Crippen LogP contribution in [0.25, 0.3) is 28.5 Å². The van der Waals surface area contributed by atoms with Crippen molar-refractivity contribution >= 4 is 28.4 Å². The molecule has 0 saturated carbocycles. The summed E-state index contributed by atoms with van der Waals surface area (Å²) in [4.78, 5) is 4.82. The lowest BCUT2D eigenvalue weighted by Gasteiger charge is -2.18. The fraction of sp³-hybridized carbons (Fsp3) is 0.200. The highest BCUT2D eigenvalue weighted by Crippen LogP contribution is 2.24. The van der Waals surface area contributed by atoms with Gasteiger partial charge >= 0.3 is 0 Å². The van der Waals surface area contributed by atoms with E-state index in [1.807, 2.05) is 18.2 Å². The van der Waals surface area contributed by atoms with Crippen molar-refractivity contribution in [2.24, 2.45) is 0 Å². The Balaban J connectivity index is 1.60. The monoisotopic (exact) mass is 361 g/mol. The molecular weight excluding hydrogens is 342 g/mol. The van der Waals surface area contributed by atoms with E-state index in [-0.39, 0.29) is 5.41 Å². The summed E-state index contributed by atoms with van der Waals surface area (Å²) in [5, 5.41) is 14.0. The Morgan fingerprint density at radius 3 is 2.35 bits per heavy atom. The van der Waals surface area contributed by atoms with Gasteiger partial charge in [-0.2, -0.15) is 9.61 Å². The topological polar surface area (TPSA) is 56.0 Å². The van der Waals surface area contributed by atoms with Gasteiger partial charge in [-0.25, -0.2) is 0 Å². The molecule has 130 valence electrons. The number of hydrogen-bond donors (Lipinski definition) is 0. The number of rotatable bonds is 3. The lowest BCUT2D eigenvalue weighted by atomic mass is 9.87. The molecule has 0 amide bonds. The lowest BCUT2D eigenvalue weighted by Crippen LogP contribution is -2.10. The SMILES string of the molecule is CC(C)(C)c1ccc(C=Cc2nn3c(-c4ccncc4)nnc3s2)cc1. The van der Waals surface area contributed by atoms with Gasteiger partial charge in [-0.1, -0.05) is 62.4 Å². The maximum absolute atomic E-state index is 4.62. The van der Waals surface area contributed by atoms with Crippen LogP contribution in [-0.4, -0.2) is 24.8 Å². The van der Waals surface area contributed by atoms with Crippen LogP contribution in [0.3, 0.4) is 0 Å². The molecule has 0 aliphatic heterocycles. The first-order valence-corrected chi connectivity index (χ1v) is 9.24. The van der Waals surface area contributed by atoms with Gasteiger partial charge in [-0.3, -0.25) is 4.98 Å². The molecule has 4 rings (SSSR count). The van der Waals surface area contributed by atoms with Crippen molar-refractivity contribution in [1.82, 2.24) is 24.8 Å². The summed E-state index contributed by atoms with van der Waals surface area (Å²) in [6.45, 7) is 6.66. The van der Waals surface area contributed by atoms with Crippen molar-refractivity contribution in [3.8, 4) is 11.4 Å². The quantitative estimate of drug-likeness (QED) is 0.530. The molecule has 3 heterocycles. The molecule has 3 aromatic heterocycles. The second-order valence-corrected chi connectivity index (χ2v) is 8.09. The van der Waals surface area contributed by atoms with E-state index in [0.29, 0.717) is 0 Å². The van der Waals surface area contributed by atoms with Crippen LogP contribution in [0.4, 0.5) is 0 Å². The number of hydrogen-bond acceptors (Lipinski definition) is 5. The second-order valence-electron chi connectivity index (χ2n) is 7.10. The van der Waals surface area contributed by atoms with E-state index < -0.39 is 0 Å². The van der Waals surface area contributed by atoms with Crippen molar-refractivity contribution in [1.29, 1.82) is 0 Å². The average Bonchev–Trinajstić information content (AvgIpc) is 3.20. The summed E-state index contributed by atoms with van der Waals surface area (Å²) in [6.07, 6.45) is 7.57. The molecule has 0 radical (unpaired) electrons. The second kappa shape index (κ2) is 6.46. The zero-order valence-electron chi connectivity index (χ0n) is 14.9. The minimum atomic E-state index is 0.166. The summed E-state index contributed by atoms with van der Waals surface area (Å²) in [5.41, 5.74) is 3.60. The van der Waals surface area contributed by atoms with Gasteiger partial charge in [-0.15, -0.1) is 10.2 Å². The normalized spacial score (nSPS) is 12.3. The highest BCUT2D eigenvalue weighted by molar-refractivity contribution is 7.17. The molecule has 0 unspecified atom stereocenters. The number of nitrogens with zero attached hydrogens (tertiary/aromatic N) is 5. The van der Waals surface area contributed by atoms with E-state index in [9.17, 15) is 0 Å². The molecule has 0 aliphatic rings. The summed E-state index contributed by atoms with van der Waals surface area (Å²) >= 11 is 1.52. The summed E-state index contributed by atoms with van der Waals surface area (Å²) in [6, 6.07) is 12.4. The van der Waals surface area contributed by atoms with E-state index in [4.69, 9.17) is 0 Å². The van der Waals surface area contributed by atoms with Crippen molar-refractivity contribution in [3.63, 3.8) is 0 Å². The first-order valence-electron chi connectivity index (χ1n) is 8.42. The zero-order chi connectivity index (χ0) is 18.1. The molecule has 0 aliphatic carbocycles. The average molecular weight is 361 g/mol. The van der Waals surface area contributed by atoms with E-state index in [2.05, 4.69) is 71.4 Å². The van der Waals surface area contributed by atoms with Crippen molar-refractivity contribution in [2.45, 2.75) is 26.2 Å². The standard InChI is InChI=1S/C20H19N5S/c1-20(2,3)16-7-4-14(5-8-16)6-9-17-24-25-18(22-23-19(25)26-17)15-10-12-21-13-11-15/h4-13H,1-3H3. The van der Waals surface area contributed by atoms with E-state index in [1.54, 1.807) is 16.9 Å². The third-order valence-corrected chi connectivity index (χ3v) is 5.00. The van der Waals surface area contributed by atoms with Gasteiger partial charge in [0.2, 0.25) is 4.96 Å². The molecule has 5 nitrogen and oxygen atoms in total. The van der Waals surface area contributed by atoms with Gasteiger partial charge in [0.25, 0.3) is 0 Å². The van der Waals surface area contributed by atoms with Crippen molar-refractivity contribution in [3.05, 3.63) is 64.9 Å². The Hall–Kier alpha value is -2.86. The lowest BCUT2D eigenvalue weighted by molar-refractivity contribution is 0.590. The van der Waals surface area contributed by atoms with Crippen LogP contribution in [0.2, 0.25) is 0 Å². The van der Waals surface area contributed by atoms with Gasteiger partial charge in [0.1, 0.15) is 5.01 Å². The molecule has 6 heteroatoms. The smallest absolute Gasteiger partial charge is 0.235 e. The van der Waals surface area contributed by atoms with Gasteiger partial charge in [-0.05, 0) is 34.8 Å². The Morgan fingerprint density at radius 2 is 1.65 bits per heavy atom. The molecule has 0 saturated heterocycles. The van der Waals surface area contributed by atoms with Crippen LogP contribution >= 0.6 is 11.3 Å². The van der Waals surface area contributed by atoms with E-state index in [1.165, 1.54) is 16.9 Å². The summed E-state index contributed by atoms with van der Waals surface area (Å²) in [5.74, 6) is 0.729. The Kier molecular flexibility index (Phi) is 4.12. The van der Waals surface area contributed by atoms with Crippen LogP contribution in [0.1, 0.15) is 36.9 Å². The summed E-state index contributed by atoms with van der Waals surface area (Å²) < 4.78 is 1.78. The highest BCUT2D eigenvalue weighted by Gasteiger charge is 2.13. The molecule has 1 aromatic carbocycles. The first kappa shape index (κ1) is 16.6. The number of benzene rings is 1. The maximum atomic E-state index is 4.62. The Morgan fingerprint density at radius 1 is 0.923 bits per heavy atom. The van der Waals surface area contributed by atoms with Crippen LogP contribution < -0.4 is 0 Å². The van der Waals surface area contributed by atoms with Crippen LogP contribution in [0, 0.1) is 0 Å². The van der Waals surface area contributed by atoms with E-state index in [0.717, 1.165) is 26.9 Å². The third kappa shape index (κ3) is 3.28. The fourth-order valence-corrected chi connectivity index (χ4v) is 3.38. The van der Waals surface area contributed by atoms with Gasteiger partial charge in [0.15, 0.2) is 5.82 Å². The van der Waals surface area contributed by atoms with Gasteiger partial charge in [0.05, 0.1) is 0 Å². The minimum absolute atomic E-state index is 0.166. The Labute approximate surface area is 156 Å². The minimum Gasteiger partial charge on any atom is -0.265 e. The Bertz CT molecular complexity index is 1050. The third-order valence-electron chi connectivity index (χ3n) is 4.14. The predicted molar refractivity (Wildman–Crippen MR) is 106 cm³/mol. The van der Waals surface area contributed by atoms with Crippen LogP contribution in [0.15, 0.2) is 48.8 Å². The molecule has 0 atom stereocenters. The number of fused-ring (bicyclic) bond motifs is 1. The highest BCUT2D eigenvalue weighted by atomic mass is 32.1. The molecule has 0 N–H and O–H groups in total. The summed E-state index contributed by atoms with van der Waals surface area (Å²) in [7, 11) is 0. The number of pyridine rings is 1. The van der Waals surface area contributed by atoms with E-state index >= 15 is 0 Å². The van der Waals surface area contributed by atoms with Crippen molar-refractivity contribution in [2.75, 3.05) is 0 Å². The van der Waals surface area contributed by atoms with Gasteiger partial charge < -0.3 is 0 Å². The first-order chi connectivity index (χ1) is 12.5. The molecule has 0 fully saturated rings. The molecule has 26 heavy (non-hydrogen) atoms. The van der Waals surface area contributed by atoms with Gasteiger partial charge in [0, 0.05) is 18.0 Å². The molecule has 4 aromatic rings. The molecular formula is C20H19N5S. The number of aromatic nitrogens is 5. The molecule has 0 spiro atoms. The maximum Gasteiger partial charge on any atom is 0.235 e. The van der Waals surface area contributed by atoms with Crippen LogP contribution in [-0.2, 0) is 5.41 Å². The molecule has 0 bridgehead atoms. The van der Waals surface area contributed by atoms with Crippen molar-refractivity contribution < 1.29 is 0 Å². The largest absolute Gasteiger partial charge is 0.265 e. The fourth-order valence-electron chi connectivity index (χ4n) is 2.64. The zero-order valence-corrected chi connectivity index (χ0v) is 15.7. The predicted octanol–water partition coefficient (Wildman–Crippen LogP) is 4.72. The van der Waals surface area contributed by atoms with Crippen LogP contribution in [0.5, 0.6) is 0 Å².